The first kappa shape index (κ1) is 9.71. The number of rotatable bonds is 2. The Morgan fingerprint density at radius 3 is 2.67 bits per heavy atom. The zero-order valence-corrected chi connectivity index (χ0v) is 8.68. The Labute approximate surface area is 87.3 Å². The number of fused-ring (bicyclic) bond motifs is 1. The van der Waals surface area contributed by atoms with Crippen molar-refractivity contribution < 1.29 is 4.92 Å². The molecule has 4 heteroatoms. The zero-order valence-electron chi connectivity index (χ0n) is 8.68. The maximum Gasteiger partial charge on any atom is 0.271 e. The van der Waals surface area contributed by atoms with Gasteiger partial charge < -0.3 is 4.57 Å². The van der Waals surface area contributed by atoms with Gasteiger partial charge in [-0.1, -0.05) is 0 Å². The van der Waals surface area contributed by atoms with E-state index in [1.54, 1.807) is 12.1 Å². The molecule has 0 saturated heterocycles. The minimum absolute atomic E-state index is 0.142. The molecule has 1 aromatic carbocycles. The van der Waals surface area contributed by atoms with Gasteiger partial charge in [0, 0.05) is 29.8 Å². The second kappa shape index (κ2) is 3.38. The van der Waals surface area contributed by atoms with Crippen LogP contribution < -0.4 is 0 Å². The van der Waals surface area contributed by atoms with Crippen molar-refractivity contribution in [1.82, 2.24) is 4.57 Å². The Morgan fingerprint density at radius 1 is 1.33 bits per heavy atom. The summed E-state index contributed by atoms with van der Waals surface area (Å²) in [6, 6.07) is 7.22. The smallest absolute Gasteiger partial charge is 0.271 e. The lowest BCUT2D eigenvalue weighted by molar-refractivity contribution is -0.384. The summed E-state index contributed by atoms with van der Waals surface area (Å²) in [5.74, 6) is 0. The van der Waals surface area contributed by atoms with Gasteiger partial charge in [0.15, 0.2) is 0 Å². The number of nitrogens with zero attached hydrogens (tertiary/aromatic N) is 2. The van der Waals surface area contributed by atoms with E-state index >= 15 is 0 Å². The fraction of sp³-hybridized carbons (Fsp3) is 0.273. The van der Waals surface area contributed by atoms with Crippen LogP contribution in [0.5, 0.6) is 0 Å². The number of nitro groups is 1. The number of benzene rings is 1. The molecule has 0 aliphatic carbocycles. The molecule has 0 atom stereocenters. The van der Waals surface area contributed by atoms with Crippen molar-refractivity contribution >= 4 is 16.6 Å². The maximum atomic E-state index is 10.6. The van der Waals surface area contributed by atoms with Gasteiger partial charge in [-0.05, 0) is 26.0 Å². The molecular formula is C11H12N2O2. The molecule has 1 aromatic heterocycles. The first-order valence-corrected chi connectivity index (χ1v) is 4.84. The molecule has 0 N–H and O–H groups in total. The van der Waals surface area contributed by atoms with E-state index in [0.717, 1.165) is 10.9 Å². The average Bonchev–Trinajstić information content (AvgIpc) is 2.59. The van der Waals surface area contributed by atoms with E-state index in [1.807, 2.05) is 16.8 Å². The number of hydrogen-bond acceptors (Lipinski definition) is 2. The molecule has 1 heterocycles. The normalized spacial score (nSPS) is 11.1. The van der Waals surface area contributed by atoms with Crippen LogP contribution in [0, 0.1) is 10.1 Å². The summed E-state index contributed by atoms with van der Waals surface area (Å²) in [6.45, 7) is 4.11. The van der Waals surface area contributed by atoms with Crippen LogP contribution in [-0.2, 0) is 0 Å². The summed E-state index contributed by atoms with van der Waals surface area (Å²) in [5.41, 5.74) is 1.06. The van der Waals surface area contributed by atoms with Crippen LogP contribution in [0.1, 0.15) is 19.9 Å². The summed E-state index contributed by atoms with van der Waals surface area (Å²) < 4.78 is 2.03. The van der Waals surface area contributed by atoms with Crippen LogP contribution in [0.25, 0.3) is 10.9 Å². The van der Waals surface area contributed by atoms with E-state index in [9.17, 15) is 10.1 Å². The van der Waals surface area contributed by atoms with Gasteiger partial charge in [0.25, 0.3) is 5.69 Å². The largest absolute Gasteiger partial charge is 0.345 e. The average molecular weight is 204 g/mol. The van der Waals surface area contributed by atoms with Gasteiger partial charge in [-0.3, -0.25) is 10.1 Å². The minimum atomic E-state index is -0.364. The summed E-state index contributed by atoms with van der Waals surface area (Å²) in [6.07, 6.45) is 1.96. The summed E-state index contributed by atoms with van der Waals surface area (Å²) >= 11 is 0. The molecule has 15 heavy (non-hydrogen) atoms. The van der Waals surface area contributed by atoms with Crippen LogP contribution in [0.15, 0.2) is 30.5 Å². The molecule has 2 rings (SSSR count). The lowest BCUT2D eigenvalue weighted by Gasteiger charge is -2.08. The third kappa shape index (κ3) is 1.58. The fourth-order valence-electron chi connectivity index (χ4n) is 1.70. The fourth-order valence-corrected chi connectivity index (χ4v) is 1.70. The predicted molar refractivity (Wildman–Crippen MR) is 59.0 cm³/mol. The van der Waals surface area contributed by atoms with Crippen LogP contribution >= 0.6 is 0 Å². The molecule has 78 valence electrons. The van der Waals surface area contributed by atoms with E-state index in [4.69, 9.17) is 0 Å². The van der Waals surface area contributed by atoms with E-state index in [1.165, 1.54) is 6.07 Å². The van der Waals surface area contributed by atoms with Crippen LogP contribution in [0.2, 0.25) is 0 Å². The molecule has 0 aliphatic rings. The highest BCUT2D eigenvalue weighted by Gasteiger charge is 2.09. The molecule has 0 amide bonds. The molecule has 0 saturated carbocycles. The number of non-ortho nitro benzene ring substituents is 1. The topological polar surface area (TPSA) is 48.1 Å². The van der Waals surface area contributed by atoms with Crippen LogP contribution in [0.4, 0.5) is 5.69 Å². The first-order chi connectivity index (χ1) is 7.09. The third-order valence-electron chi connectivity index (χ3n) is 2.47. The Morgan fingerprint density at radius 2 is 2.07 bits per heavy atom. The lowest BCUT2D eigenvalue weighted by atomic mass is 10.2. The Bertz CT molecular complexity index is 514. The molecule has 0 bridgehead atoms. The Balaban J connectivity index is 2.66. The predicted octanol–water partition coefficient (Wildman–Crippen LogP) is 3.13. The number of nitro benzene ring substituents is 1. The quantitative estimate of drug-likeness (QED) is 0.557. The van der Waals surface area contributed by atoms with Crippen LogP contribution in [-0.4, -0.2) is 9.49 Å². The van der Waals surface area contributed by atoms with Crippen molar-refractivity contribution in [2.75, 3.05) is 0 Å². The van der Waals surface area contributed by atoms with E-state index in [2.05, 4.69) is 13.8 Å². The van der Waals surface area contributed by atoms with Gasteiger partial charge in [0.1, 0.15) is 0 Å². The van der Waals surface area contributed by atoms with Crippen molar-refractivity contribution in [2.45, 2.75) is 19.9 Å². The van der Waals surface area contributed by atoms with Crippen molar-refractivity contribution in [2.24, 2.45) is 0 Å². The van der Waals surface area contributed by atoms with Gasteiger partial charge in [-0.2, -0.15) is 0 Å². The Kier molecular flexibility index (Phi) is 2.19. The Hall–Kier alpha value is -1.84. The van der Waals surface area contributed by atoms with Crippen molar-refractivity contribution in [3.8, 4) is 0 Å². The first-order valence-electron chi connectivity index (χ1n) is 4.84. The van der Waals surface area contributed by atoms with E-state index in [-0.39, 0.29) is 10.6 Å². The molecule has 0 spiro atoms. The van der Waals surface area contributed by atoms with Gasteiger partial charge >= 0.3 is 0 Å². The van der Waals surface area contributed by atoms with Crippen molar-refractivity contribution in [3.05, 3.63) is 40.6 Å². The minimum Gasteiger partial charge on any atom is -0.345 e. The zero-order chi connectivity index (χ0) is 11.0. The highest BCUT2D eigenvalue weighted by molar-refractivity contribution is 5.82. The van der Waals surface area contributed by atoms with Crippen molar-refractivity contribution in [3.63, 3.8) is 0 Å². The molecular weight excluding hydrogens is 192 g/mol. The van der Waals surface area contributed by atoms with Gasteiger partial charge in [-0.15, -0.1) is 0 Å². The van der Waals surface area contributed by atoms with E-state index < -0.39 is 0 Å². The summed E-state index contributed by atoms with van der Waals surface area (Å²) in [5, 5.41) is 11.7. The maximum absolute atomic E-state index is 10.6. The second-order valence-corrected chi connectivity index (χ2v) is 3.82. The molecule has 4 nitrogen and oxygen atoms in total. The monoisotopic (exact) mass is 204 g/mol. The van der Waals surface area contributed by atoms with Gasteiger partial charge in [0.05, 0.1) is 10.4 Å². The van der Waals surface area contributed by atoms with Gasteiger partial charge in [0.2, 0.25) is 0 Å². The van der Waals surface area contributed by atoms with E-state index in [0.29, 0.717) is 6.04 Å². The highest BCUT2D eigenvalue weighted by Crippen LogP contribution is 2.24. The SMILES string of the molecule is CC(C)n1ccc2ccc([N+](=O)[O-])cc21. The molecule has 0 unspecified atom stereocenters. The molecule has 0 fully saturated rings. The highest BCUT2D eigenvalue weighted by atomic mass is 16.6. The summed E-state index contributed by atoms with van der Waals surface area (Å²) in [7, 11) is 0. The molecule has 2 aromatic rings. The molecule has 0 radical (unpaired) electrons. The van der Waals surface area contributed by atoms with Crippen LogP contribution in [0.3, 0.4) is 0 Å². The standard InChI is InChI=1S/C11H12N2O2/c1-8(2)12-6-5-9-3-4-10(13(14)15)7-11(9)12/h3-8H,1-2H3. The number of hydrogen-bond donors (Lipinski definition) is 0. The number of aromatic nitrogens is 1. The summed E-state index contributed by atoms with van der Waals surface area (Å²) in [4.78, 5) is 10.3. The second-order valence-electron chi connectivity index (χ2n) is 3.82. The van der Waals surface area contributed by atoms with Gasteiger partial charge in [-0.25, -0.2) is 0 Å². The molecule has 0 aliphatic heterocycles. The lowest BCUT2D eigenvalue weighted by Crippen LogP contribution is -1.98. The third-order valence-corrected chi connectivity index (χ3v) is 2.47. The van der Waals surface area contributed by atoms with Crippen molar-refractivity contribution in [1.29, 1.82) is 0 Å².